The highest BCUT2D eigenvalue weighted by Gasteiger charge is 2.33. The van der Waals surface area contributed by atoms with Crippen LogP contribution < -0.4 is 11.1 Å². The predicted molar refractivity (Wildman–Crippen MR) is 71.3 cm³/mol. The molecule has 1 aromatic rings. The molecule has 1 atom stereocenters. The Bertz CT molecular complexity index is 435. The van der Waals surface area contributed by atoms with Gasteiger partial charge < -0.3 is 5.73 Å². The Morgan fingerprint density at radius 2 is 1.94 bits per heavy atom. The molecule has 3 nitrogen and oxygen atoms in total. The van der Waals surface area contributed by atoms with Gasteiger partial charge in [0.05, 0.1) is 10.0 Å². The van der Waals surface area contributed by atoms with Crippen molar-refractivity contribution in [3.63, 3.8) is 0 Å². The normalized spacial score (nSPS) is 14.7. The van der Waals surface area contributed by atoms with Crippen LogP contribution in [0.15, 0.2) is 18.2 Å². The van der Waals surface area contributed by atoms with Crippen LogP contribution in [-0.4, -0.2) is 11.9 Å². The van der Waals surface area contributed by atoms with Crippen LogP contribution >= 0.6 is 23.2 Å². The molecule has 0 heterocycles. The number of amides is 1. The van der Waals surface area contributed by atoms with E-state index in [9.17, 15) is 4.79 Å². The van der Waals surface area contributed by atoms with Crippen LogP contribution in [0.3, 0.4) is 0 Å². The van der Waals surface area contributed by atoms with Crippen LogP contribution in [0.2, 0.25) is 10.0 Å². The molecule has 0 aromatic heterocycles. The molecule has 3 N–H and O–H groups in total. The molecule has 0 saturated heterocycles. The molecule has 1 amide bonds. The Labute approximate surface area is 111 Å². The summed E-state index contributed by atoms with van der Waals surface area (Å²) in [5, 5.41) is 4.00. The van der Waals surface area contributed by atoms with E-state index in [-0.39, 0.29) is 6.04 Å². The molecule has 0 aliphatic heterocycles. The molecule has 0 bridgehead atoms. The first-order valence-electron chi connectivity index (χ1n) is 5.30. The number of halogens is 2. The van der Waals surface area contributed by atoms with Crippen molar-refractivity contribution in [2.24, 2.45) is 5.73 Å². The number of nitrogens with one attached hydrogen (secondary N) is 1. The zero-order valence-corrected chi connectivity index (χ0v) is 11.6. The molecule has 5 heteroatoms. The van der Waals surface area contributed by atoms with Crippen LogP contribution in [0, 0.1) is 0 Å². The minimum Gasteiger partial charge on any atom is -0.368 e. The van der Waals surface area contributed by atoms with E-state index in [1.807, 2.05) is 13.8 Å². The molecule has 1 rings (SSSR count). The molecule has 0 aliphatic carbocycles. The number of primary amides is 1. The van der Waals surface area contributed by atoms with Crippen molar-refractivity contribution in [1.82, 2.24) is 5.32 Å². The predicted octanol–water partition coefficient (Wildman–Crippen LogP) is 2.69. The van der Waals surface area contributed by atoms with Gasteiger partial charge in [0.25, 0.3) is 0 Å². The lowest BCUT2D eigenvalue weighted by Crippen LogP contribution is -2.52. The van der Waals surface area contributed by atoms with Crippen molar-refractivity contribution < 1.29 is 4.79 Å². The van der Waals surface area contributed by atoms with Crippen molar-refractivity contribution in [3.8, 4) is 0 Å². The van der Waals surface area contributed by atoms with Crippen LogP contribution in [-0.2, 0) is 10.3 Å². The average Bonchev–Trinajstić information content (AvgIpc) is 2.20. The van der Waals surface area contributed by atoms with Crippen molar-refractivity contribution in [1.29, 1.82) is 0 Å². The number of benzene rings is 1. The largest absolute Gasteiger partial charge is 0.368 e. The summed E-state index contributed by atoms with van der Waals surface area (Å²) >= 11 is 11.8. The fourth-order valence-corrected chi connectivity index (χ4v) is 1.98. The molecule has 17 heavy (non-hydrogen) atoms. The molecule has 0 radical (unpaired) electrons. The van der Waals surface area contributed by atoms with Crippen molar-refractivity contribution in [2.45, 2.75) is 32.4 Å². The van der Waals surface area contributed by atoms with Gasteiger partial charge >= 0.3 is 0 Å². The van der Waals surface area contributed by atoms with Gasteiger partial charge in [0.2, 0.25) is 5.91 Å². The summed E-state index contributed by atoms with van der Waals surface area (Å²) in [6, 6.07) is 5.17. The molecule has 94 valence electrons. The maximum absolute atomic E-state index is 11.6. The molecule has 0 fully saturated rings. The van der Waals surface area contributed by atoms with Crippen LogP contribution in [0.4, 0.5) is 0 Å². The van der Waals surface area contributed by atoms with E-state index in [1.54, 1.807) is 25.1 Å². The van der Waals surface area contributed by atoms with E-state index >= 15 is 0 Å². The molecule has 0 spiro atoms. The minimum absolute atomic E-state index is 0.113. The van der Waals surface area contributed by atoms with Gasteiger partial charge in [0.15, 0.2) is 0 Å². The lowest BCUT2D eigenvalue weighted by atomic mass is 9.90. The quantitative estimate of drug-likeness (QED) is 0.887. The van der Waals surface area contributed by atoms with Gasteiger partial charge in [-0.2, -0.15) is 0 Å². The first-order valence-corrected chi connectivity index (χ1v) is 6.06. The smallest absolute Gasteiger partial charge is 0.242 e. The zero-order chi connectivity index (χ0) is 13.2. The third kappa shape index (κ3) is 3.12. The topological polar surface area (TPSA) is 55.1 Å². The summed E-state index contributed by atoms with van der Waals surface area (Å²) < 4.78 is 0. The number of carbonyl (C=O) groups is 1. The summed E-state index contributed by atoms with van der Waals surface area (Å²) in [5.74, 6) is -0.454. The highest BCUT2D eigenvalue weighted by Crippen LogP contribution is 2.28. The van der Waals surface area contributed by atoms with Gasteiger partial charge in [-0.15, -0.1) is 0 Å². The van der Waals surface area contributed by atoms with Crippen molar-refractivity contribution >= 4 is 29.1 Å². The van der Waals surface area contributed by atoms with Crippen LogP contribution in [0.5, 0.6) is 0 Å². The van der Waals surface area contributed by atoms with E-state index in [0.29, 0.717) is 15.6 Å². The fraction of sp³-hybridized carbons (Fsp3) is 0.417. The van der Waals surface area contributed by atoms with Gasteiger partial charge in [-0.05, 0) is 38.5 Å². The third-order valence-corrected chi connectivity index (χ3v) is 3.31. The number of carbonyl (C=O) groups excluding carboxylic acids is 1. The van der Waals surface area contributed by atoms with Gasteiger partial charge in [-0.1, -0.05) is 29.3 Å². The van der Waals surface area contributed by atoms with E-state index in [4.69, 9.17) is 28.9 Å². The summed E-state index contributed by atoms with van der Waals surface area (Å²) in [5.41, 5.74) is 5.21. The highest BCUT2D eigenvalue weighted by atomic mass is 35.5. The lowest BCUT2D eigenvalue weighted by Gasteiger charge is -2.30. The Morgan fingerprint density at radius 3 is 2.35 bits per heavy atom. The number of rotatable bonds is 4. The Kier molecular flexibility index (Phi) is 4.42. The second-order valence-electron chi connectivity index (χ2n) is 4.42. The average molecular weight is 275 g/mol. The summed E-state index contributed by atoms with van der Waals surface area (Å²) in [6.45, 7) is 5.62. The van der Waals surface area contributed by atoms with Gasteiger partial charge in [0.1, 0.15) is 5.54 Å². The highest BCUT2D eigenvalue weighted by molar-refractivity contribution is 6.42. The van der Waals surface area contributed by atoms with E-state index in [2.05, 4.69) is 5.32 Å². The minimum atomic E-state index is -0.956. The molecular weight excluding hydrogens is 259 g/mol. The number of hydrogen-bond acceptors (Lipinski definition) is 2. The van der Waals surface area contributed by atoms with Gasteiger partial charge in [0, 0.05) is 6.04 Å². The van der Waals surface area contributed by atoms with Crippen LogP contribution in [0.1, 0.15) is 26.3 Å². The summed E-state index contributed by atoms with van der Waals surface area (Å²) in [6.07, 6.45) is 0. The lowest BCUT2D eigenvalue weighted by molar-refractivity contribution is -0.124. The van der Waals surface area contributed by atoms with Crippen molar-refractivity contribution in [3.05, 3.63) is 33.8 Å². The maximum atomic E-state index is 11.6. The van der Waals surface area contributed by atoms with Gasteiger partial charge in [-0.25, -0.2) is 0 Å². The summed E-state index contributed by atoms with van der Waals surface area (Å²) in [7, 11) is 0. The third-order valence-electron chi connectivity index (χ3n) is 2.57. The molecule has 1 unspecified atom stereocenters. The number of hydrogen-bond donors (Lipinski definition) is 2. The van der Waals surface area contributed by atoms with E-state index in [1.165, 1.54) is 0 Å². The molecule has 1 aromatic carbocycles. The Hall–Kier alpha value is -0.770. The van der Waals surface area contributed by atoms with E-state index < -0.39 is 11.4 Å². The second-order valence-corrected chi connectivity index (χ2v) is 5.23. The fourth-order valence-electron chi connectivity index (χ4n) is 1.68. The van der Waals surface area contributed by atoms with E-state index in [0.717, 1.165) is 0 Å². The standard InChI is InChI=1S/C12H16Cl2N2O/c1-7(2)16-12(3,11(15)17)8-4-5-9(13)10(14)6-8/h4-7,16H,1-3H3,(H2,15,17). The van der Waals surface area contributed by atoms with Crippen molar-refractivity contribution in [2.75, 3.05) is 0 Å². The SMILES string of the molecule is CC(C)NC(C)(C(N)=O)c1ccc(Cl)c(Cl)c1. The number of nitrogens with two attached hydrogens (primary N) is 1. The Balaban J connectivity index is 3.22. The first kappa shape index (κ1) is 14.3. The maximum Gasteiger partial charge on any atom is 0.242 e. The summed E-state index contributed by atoms with van der Waals surface area (Å²) in [4.78, 5) is 11.6. The zero-order valence-electron chi connectivity index (χ0n) is 10.1. The molecule has 0 aliphatic rings. The Morgan fingerprint density at radius 1 is 1.35 bits per heavy atom. The monoisotopic (exact) mass is 274 g/mol. The molecular formula is C12H16Cl2N2O. The molecule has 0 saturated carbocycles. The van der Waals surface area contributed by atoms with Crippen LogP contribution in [0.25, 0.3) is 0 Å². The van der Waals surface area contributed by atoms with Gasteiger partial charge in [-0.3, -0.25) is 10.1 Å². The second kappa shape index (κ2) is 5.25. The first-order chi connectivity index (χ1) is 7.77.